The Bertz CT molecular complexity index is 1250. The summed E-state index contributed by atoms with van der Waals surface area (Å²) in [6, 6.07) is 7.04. The summed E-state index contributed by atoms with van der Waals surface area (Å²) < 4.78 is 11.3. The largest absolute Gasteiger partial charge is 0.380 e. The van der Waals surface area contributed by atoms with Gasteiger partial charge in [-0.3, -0.25) is 0 Å². The SMILES string of the molecule is CO[C@@H]1CCN(C(=O)N2CCc3cc(-c4cnc5[nH]cc(C)c5c4)cc([C@@H]4COCCN4)c3C2)C1. The molecule has 184 valence electrons. The number of aryl methyl sites for hydroxylation is 1. The van der Waals surface area contributed by atoms with Crippen LogP contribution >= 0.6 is 0 Å². The molecule has 0 radical (unpaired) electrons. The summed E-state index contributed by atoms with van der Waals surface area (Å²) in [7, 11) is 1.73. The quantitative estimate of drug-likeness (QED) is 0.607. The maximum absolute atomic E-state index is 13.3. The number of carbonyl (C=O) groups excluding carboxylic acids is 1. The van der Waals surface area contributed by atoms with E-state index in [1.54, 1.807) is 7.11 Å². The van der Waals surface area contributed by atoms with Crippen LogP contribution in [0.5, 0.6) is 0 Å². The molecule has 5 heterocycles. The van der Waals surface area contributed by atoms with E-state index in [2.05, 4.69) is 40.4 Å². The van der Waals surface area contributed by atoms with Gasteiger partial charge in [-0.2, -0.15) is 0 Å². The normalized spacial score (nSPS) is 22.6. The van der Waals surface area contributed by atoms with Gasteiger partial charge >= 0.3 is 6.03 Å². The Morgan fingerprint density at radius 1 is 1.20 bits per heavy atom. The van der Waals surface area contributed by atoms with E-state index in [1.807, 2.05) is 22.2 Å². The molecule has 0 saturated carbocycles. The summed E-state index contributed by atoms with van der Waals surface area (Å²) in [5, 5.41) is 4.79. The number of ether oxygens (including phenoxy) is 2. The number of fused-ring (bicyclic) bond motifs is 2. The highest BCUT2D eigenvalue weighted by atomic mass is 16.5. The zero-order chi connectivity index (χ0) is 23.9. The number of nitrogens with one attached hydrogen (secondary N) is 2. The van der Waals surface area contributed by atoms with Crippen LogP contribution in [0.3, 0.4) is 0 Å². The second-order valence-corrected chi connectivity index (χ2v) is 9.92. The molecule has 8 heteroatoms. The van der Waals surface area contributed by atoms with E-state index in [0.29, 0.717) is 19.7 Å². The van der Waals surface area contributed by atoms with Gasteiger partial charge in [0.2, 0.25) is 0 Å². The van der Waals surface area contributed by atoms with Gasteiger partial charge in [0.1, 0.15) is 5.65 Å². The first kappa shape index (κ1) is 22.5. The first-order valence-electron chi connectivity index (χ1n) is 12.6. The maximum atomic E-state index is 13.3. The molecule has 8 nitrogen and oxygen atoms in total. The second kappa shape index (κ2) is 9.26. The van der Waals surface area contributed by atoms with Crippen molar-refractivity contribution >= 4 is 17.1 Å². The Morgan fingerprint density at radius 3 is 2.91 bits per heavy atom. The van der Waals surface area contributed by atoms with Crippen molar-refractivity contribution in [1.82, 2.24) is 25.1 Å². The van der Waals surface area contributed by atoms with Crippen LogP contribution in [-0.4, -0.2) is 78.4 Å². The lowest BCUT2D eigenvalue weighted by Gasteiger charge is -2.35. The third-order valence-corrected chi connectivity index (χ3v) is 7.76. The molecule has 2 amide bonds. The molecular weight excluding hydrogens is 442 g/mol. The molecule has 2 N–H and O–H groups in total. The number of aromatic nitrogens is 2. The fraction of sp³-hybridized carbons (Fsp3) is 0.481. The minimum Gasteiger partial charge on any atom is -0.380 e. The van der Waals surface area contributed by atoms with Crippen LogP contribution in [0, 0.1) is 6.92 Å². The number of hydrogen-bond acceptors (Lipinski definition) is 5. The van der Waals surface area contributed by atoms with Gasteiger partial charge in [-0.25, -0.2) is 9.78 Å². The van der Waals surface area contributed by atoms with E-state index in [0.717, 1.165) is 55.7 Å². The smallest absolute Gasteiger partial charge is 0.320 e. The van der Waals surface area contributed by atoms with Crippen molar-refractivity contribution in [3.05, 3.63) is 52.8 Å². The molecule has 0 bridgehead atoms. The summed E-state index contributed by atoms with van der Waals surface area (Å²) in [5.41, 5.74) is 8.20. The minimum atomic E-state index is 0.114. The third-order valence-electron chi connectivity index (χ3n) is 7.76. The molecule has 35 heavy (non-hydrogen) atoms. The second-order valence-electron chi connectivity index (χ2n) is 9.92. The molecule has 0 aliphatic carbocycles. The van der Waals surface area contributed by atoms with E-state index in [4.69, 9.17) is 9.47 Å². The van der Waals surface area contributed by atoms with Crippen LogP contribution in [0.1, 0.15) is 34.7 Å². The first-order valence-corrected chi connectivity index (χ1v) is 12.6. The van der Waals surface area contributed by atoms with Gasteiger partial charge in [0.25, 0.3) is 0 Å². The topological polar surface area (TPSA) is 82.7 Å². The van der Waals surface area contributed by atoms with E-state index in [9.17, 15) is 4.79 Å². The number of H-pyrrole nitrogens is 1. The molecule has 2 fully saturated rings. The lowest BCUT2D eigenvalue weighted by molar-refractivity contribution is 0.0761. The van der Waals surface area contributed by atoms with Crippen LogP contribution in [-0.2, 0) is 22.4 Å². The van der Waals surface area contributed by atoms with Gasteiger partial charge in [0, 0.05) is 63.2 Å². The van der Waals surface area contributed by atoms with Gasteiger partial charge < -0.3 is 29.6 Å². The standard InChI is InChI=1S/C27H33N5O3/c1-17-12-29-26-22(17)11-20(13-30-26)19-9-18-3-6-32(27(33)31-7-4-21(14-31)34-2)15-24(18)23(10-19)25-16-35-8-5-28-25/h9-13,21,25,28H,3-8,14-16H2,1-2H3,(H,29,30)/t21-,25+/m1/s1. The molecule has 1 aromatic carbocycles. The number of aromatic amines is 1. The molecule has 2 aromatic heterocycles. The molecular formula is C27H33N5O3. The van der Waals surface area contributed by atoms with E-state index < -0.39 is 0 Å². The Morgan fingerprint density at radius 2 is 2.11 bits per heavy atom. The summed E-state index contributed by atoms with van der Waals surface area (Å²) in [6.45, 7) is 7.10. The highest BCUT2D eigenvalue weighted by Gasteiger charge is 2.33. The van der Waals surface area contributed by atoms with Crippen LogP contribution in [0.15, 0.2) is 30.6 Å². The van der Waals surface area contributed by atoms with Crippen LogP contribution in [0.4, 0.5) is 4.79 Å². The summed E-state index contributed by atoms with van der Waals surface area (Å²) in [4.78, 5) is 25.2. The monoisotopic (exact) mass is 475 g/mol. The number of likely N-dealkylation sites (tertiary alicyclic amines) is 1. The first-order chi connectivity index (χ1) is 17.1. The Labute approximate surface area is 205 Å². The lowest BCUT2D eigenvalue weighted by atomic mass is 9.87. The van der Waals surface area contributed by atoms with Crippen molar-refractivity contribution in [1.29, 1.82) is 0 Å². The Hall–Kier alpha value is -2.94. The predicted octanol–water partition coefficient (Wildman–Crippen LogP) is 3.40. The van der Waals surface area contributed by atoms with E-state index in [1.165, 1.54) is 27.8 Å². The fourth-order valence-corrected chi connectivity index (χ4v) is 5.69. The number of benzene rings is 1. The highest BCUT2D eigenvalue weighted by Crippen LogP contribution is 2.35. The molecule has 3 aliphatic heterocycles. The zero-order valence-corrected chi connectivity index (χ0v) is 20.5. The predicted molar refractivity (Wildman–Crippen MR) is 134 cm³/mol. The van der Waals surface area contributed by atoms with Crippen molar-refractivity contribution in [2.75, 3.05) is 46.5 Å². The third kappa shape index (κ3) is 4.20. The van der Waals surface area contributed by atoms with Crippen LogP contribution in [0.25, 0.3) is 22.2 Å². The number of pyridine rings is 1. The van der Waals surface area contributed by atoms with Crippen molar-refractivity contribution in [3.63, 3.8) is 0 Å². The summed E-state index contributed by atoms with van der Waals surface area (Å²) in [6.07, 6.45) is 5.85. The van der Waals surface area contributed by atoms with Crippen LogP contribution in [0.2, 0.25) is 0 Å². The van der Waals surface area contributed by atoms with Crippen molar-refractivity contribution in [2.24, 2.45) is 0 Å². The van der Waals surface area contributed by atoms with Gasteiger partial charge in [0.05, 0.1) is 25.4 Å². The van der Waals surface area contributed by atoms with Crippen molar-refractivity contribution in [3.8, 4) is 11.1 Å². The van der Waals surface area contributed by atoms with Gasteiger partial charge in [-0.1, -0.05) is 6.07 Å². The molecule has 3 aliphatic rings. The van der Waals surface area contributed by atoms with Gasteiger partial charge in [-0.05, 0) is 59.7 Å². The highest BCUT2D eigenvalue weighted by molar-refractivity contribution is 5.84. The van der Waals surface area contributed by atoms with Crippen molar-refractivity contribution < 1.29 is 14.3 Å². The van der Waals surface area contributed by atoms with E-state index >= 15 is 0 Å². The molecule has 6 rings (SSSR count). The number of methoxy groups -OCH3 is 1. The van der Waals surface area contributed by atoms with E-state index in [-0.39, 0.29) is 18.2 Å². The molecule has 0 unspecified atom stereocenters. The lowest BCUT2D eigenvalue weighted by Crippen LogP contribution is -2.45. The average Bonchev–Trinajstić information content (AvgIpc) is 3.54. The molecule has 2 atom stereocenters. The Kier molecular flexibility index (Phi) is 5.96. The summed E-state index contributed by atoms with van der Waals surface area (Å²) >= 11 is 0. The number of hydrogen-bond donors (Lipinski definition) is 2. The number of morpholine rings is 1. The molecule has 0 spiro atoms. The minimum absolute atomic E-state index is 0.114. The van der Waals surface area contributed by atoms with Crippen molar-refractivity contribution in [2.45, 2.75) is 38.5 Å². The number of amides is 2. The fourth-order valence-electron chi connectivity index (χ4n) is 5.69. The number of carbonyl (C=O) groups is 1. The van der Waals surface area contributed by atoms with Crippen LogP contribution < -0.4 is 5.32 Å². The Balaban J connectivity index is 1.35. The summed E-state index contributed by atoms with van der Waals surface area (Å²) in [5.74, 6) is 0. The van der Waals surface area contributed by atoms with Gasteiger partial charge in [-0.15, -0.1) is 0 Å². The average molecular weight is 476 g/mol. The maximum Gasteiger partial charge on any atom is 0.320 e. The molecule has 2 saturated heterocycles. The molecule has 3 aromatic rings. The number of nitrogens with zero attached hydrogens (tertiary/aromatic N) is 3. The van der Waals surface area contributed by atoms with Gasteiger partial charge in [0.15, 0.2) is 0 Å². The number of urea groups is 1. The number of rotatable bonds is 3. The zero-order valence-electron chi connectivity index (χ0n) is 20.5.